The first-order chi connectivity index (χ1) is 9.52. The Kier molecular flexibility index (Phi) is 3.15. The van der Waals surface area contributed by atoms with E-state index in [0.29, 0.717) is 19.4 Å². The van der Waals surface area contributed by atoms with Crippen LogP contribution in [0.4, 0.5) is 0 Å². The Bertz CT molecular complexity index is 466. The fourth-order valence-electron chi connectivity index (χ4n) is 3.75. The quantitative estimate of drug-likeness (QED) is 0.625. The van der Waals surface area contributed by atoms with Crippen LogP contribution < -0.4 is 0 Å². The normalized spacial score (nSPS) is 31.1. The topological polar surface area (TPSA) is 74.7 Å². The zero-order valence-corrected chi connectivity index (χ0v) is 11.4. The van der Waals surface area contributed by atoms with Gasteiger partial charge in [-0.05, 0) is 31.1 Å². The van der Waals surface area contributed by atoms with E-state index in [9.17, 15) is 14.4 Å². The third-order valence-corrected chi connectivity index (χ3v) is 5.03. The van der Waals surface area contributed by atoms with Gasteiger partial charge in [-0.15, -0.1) is 0 Å². The zero-order chi connectivity index (χ0) is 14.3. The molecular weight excluding hydrogens is 258 g/mol. The Morgan fingerprint density at radius 3 is 2.15 bits per heavy atom. The molecule has 0 aromatic rings. The Morgan fingerprint density at radius 2 is 1.75 bits per heavy atom. The summed E-state index contributed by atoms with van der Waals surface area (Å²) in [5, 5.41) is 9.03. The van der Waals surface area contributed by atoms with Crippen molar-refractivity contribution < 1.29 is 19.5 Å². The molecule has 1 saturated heterocycles. The van der Waals surface area contributed by atoms with Gasteiger partial charge in [0, 0.05) is 6.54 Å². The molecule has 1 heterocycles. The van der Waals surface area contributed by atoms with Gasteiger partial charge in [-0.2, -0.15) is 0 Å². The highest BCUT2D eigenvalue weighted by atomic mass is 16.4. The number of carboxylic acids is 1. The second-order valence-electron chi connectivity index (χ2n) is 6.34. The first-order valence-corrected chi connectivity index (χ1v) is 7.24. The van der Waals surface area contributed by atoms with Crippen LogP contribution in [0.15, 0.2) is 12.2 Å². The van der Waals surface area contributed by atoms with Gasteiger partial charge in [0.1, 0.15) is 0 Å². The van der Waals surface area contributed by atoms with Gasteiger partial charge in [-0.3, -0.25) is 19.3 Å². The van der Waals surface area contributed by atoms with Crippen LogP contribution >= 0.6 is 0 Å². The molecule has 2 aliphatic carbocycles. The summed E-state index contributed by atoms with van der Waals surface area (Å²) in [6.07, 6.45) is 7.83. The lowest BCUT2D eigenvalue weighted by atomic mass is 9.66. The molecule has 1 aliphatic heterocycles. The number of amides is 2. The summed E-state index contributed by atoms with van der Waals surface area (Å²) >= 11 is 0. The van der Waals surface area contributed by atoms with Crippen LogP contribution in [0.5, 0.6) is 0 Å². The molecule has 1 saturated carbocycles. The molecule has 5 heteroatoms. The van der Waals surface area contributed by atoms with Crippen molar-refractivity contribution in [2.75, 3.05) is 6.54 Å². The van der Waals surface area contributed by atoms with Gasteiger partial charge >= 0.3 is 5.97 Å². The molecule has 0 aromatic carbocycles. The SMILES string of the molecule is O=C(O)CC1(CN2C(=O)[C@H]3CC=CC[C@H]3C2=O)CCC1. The molecule has 3 rings (SSSR count). The maximum absolute atomic E-state index is 12.4. The van der Waals surface area contributed by atoms with Crippen LogP contribution in [0.3, 0.4) is 0 Å². The second-order valence-corrected chi connectivity index (χ2v) is 6.34. The van der Waals surface area contributed by atoms with E-state index in [4.69, 9.17) is 5.11 Å². The van der Waals surface area contributed by atoms with Crippen LogP contribution in [0, 0.1) is 17.3 Å². The highest BCUT2D eigenvalue weighted by Crippen LogP contribution is 2.46. The lowest BCUT2D eigenvalue weighted by Gasteiger charge is -2.42. The van der Waals surface area contributed by atoms with Gasteiger partial charge in [0.15, 0.2) is 0 Å². The van der Waals surface area contributed by atoms with Crippen LogP contribution in [-0.2, 0) is 14.4 Å². The zero-order valence-electron chi connectivity index (χ0n) is 11.4. The molecule has 2 amide bonds. The van der Waals surface area contributed by atoms with Gasteiger partial charge < -0.3 is 5.11 Å². The predicted octanol–water partition coefficient (Wildman–Crippen LogP) is 1.58. The smallest absolute Gasteiger partial charge is 0.303 e. The summed E-state index contributed by atoms with van der Waals surface area (Å²) in [6.45, 7) is 0.296. The van der Waals surface area contributed by atoms with E-state index < -0.39 is 5.97 Å². The molecule has 0 spiro atoms. The lowest BCUT2D eigenvalue weighted by molar-refractivity contribution is -0.149. The van der Waals surface area contributed by atoms with E-state index in [-0.39, 0.29) is 35.5 Å². The molecule has 2 atom stereocenters. The van der Waals surface area contributed by atoms with E-state index in [1.807, 2.05) is 12.2 Å². The fraction of sp³-hybridized carbons (Fsp3) is 0.667. The maximum Gasteiger partial charge on any atom is 0.303 e. The van der Waals surface area contributed by atoms with Crippen molar-refractivity contribution in [1.82, 2.24) is 4.90 Å². The molecule has 108 valence electrons. The number of carbonyl (C=O) groups excluding carboxylic acids is 2. The van der Waals surface area contributed by atoms with Gasteiger partial charge in [-0.25, -0.2) is 0 Å². The number of nitrogens with zero attached hydrogens (tertiary/aromatic N) is 1. The summed E-state index contributed by atoms with van der Waals surface area (Å²) in [6, 6.07) is 0. The number of carboxylic acid groups (broad SMARTS) is 1. The van der Waals surface area contributed by atoms with Crippen LogP contribution in [-0.4, -0.2) is 34.3 Å². The Hall–Kier alpha value is -1.65. The highest BCUT2D eigenvalue weighted by Gasteiger charge is 2.51. The van der Waals surface area contributed by atoms with Gasteiger partial charge in [0.2, 0.25) is 11.8 Å². The molecule has 3 aliphatic rings. The third-order valence-electron chi connectivity index (χ3n) is 5.03. The number of hydrogen-bond donors (Lipinski definition) is 1. The molecular formula is C15H19NO4. The second kappa shape index (κ2) is 4.72. The number of imide groups is 1. The third kappa shape index (κ3) is 2.05. The van der Waals surface area contributed by atoms with Crippen molar-refractivity contribution in [3.05, 3.63) is 12.2 Å². The number of hydrogen-bond acceptors (Lipinski definition) is 3. The minimum Gasteiger partial charge on any atom is -0.481 e. The van der Waals surface area contributed by atoms with Crippen molar-refractivity contribution >= 4 is 17.8 Å². The van der Waals surface area contributed by atoms with Gasteiger partial charge in [0.05, 0.1) is 18.3 Å². The van der Waals surface area contributed by atoms with Crippen molar-refractivity contribution in [1.29, 1.82) is 0 Å². The van der Waals surface area contributed by atoms with E-state index >= 15 is 0 Å². The molecule has 0 bridgehead atoms. The summed E-state index contributed by atoms with van der Waals surface area (Å²) in [7, 11) is 0. The lowest BCUT2D eigenvalue weighted by Crippen LogP contribution is -2.46. The number of rotatable bonds is 4. The molecule has 0 unspecified atom stereocenters. The molecule has 5 nitrogen and oxygen atoms in total. The predicted molar refractivity (Wildman–Crippen MR) is 70.6 cm³/mol. The number of aliphatic carboxylic acids is 1. The van der Waals surface area contributed by atoms with E-state index in [0.717, 1.165) is 19.3 Å². The standard InChI is InChI=1S/C15H19NO4/c17-12(18)8-15(6-3-7-15)9-16-13(19)10-4-1-2-5-11(10)14(16)20/h1-2,10-11H,3-9H2,(H,17,18)/t10-,11+. The number of allylic oxidation sites excluding steroid dienone is 2. The minimum absolute atomic E-state index is 0.0532. The Morgan fingerprint density at radius 1 is 1.20 bits per heavy atom. The minimum atomic E-state index is -0.845. The van der Waals surface area contributed by atoms with Crippen molar-refractivity contribution in [2.45, 2.75) is 38.5 Å². The first-order valence-electron chi connectivity index (χ1n) is 7.24. The molecule has 1 N–H and O–H groups in total. The van der Waals surface area contributed by atoms with E-state index in [1.54, 1.807) is 0 Å². The Balaban J connectivity index is 1.76. The molecule has 20 heavy (non-hydrogen) atoms. The monoisotopic (exact) mass is 277 g/mol. The highest BCUT2D eigenvalue weighted by molar-refractivity contribution is 6.05. The summed E-state index contributed by atoms with van der Waals surface area (Å²) in [5.41, 5.74) is -0.377. The number of fused-ring (bicyclic) bond motifs is 1. The largest absolute Gasteiger partial charge is 0.481 e. The molecule has 2 fully saturated rings. The van der Waals surface area contributed by atoms with Gasteiger partial charge in [-0.1, -0.05) is 18.6 Å². The van der Waals surface area contributed by atoms with Crippen LogP contribution in [0.25, 0.3) is 0 Å². The van der Waals surface area contributed by atoms with Crippen molar-refractivity contribution in [2.24, 2.45) is 17.3 Å². The van der Waals surface area contributed by atoms with Crippen molar-refractivity contribution in [3.63, 3.8) is 0 Å². The summed E-state index contributed by atoms with van der Waals surface area (Å²) < 4.78 is 0. The average Bonchev–Trinajstić information content (AvgIpc) is 2.61. The number of carbonyl (C=O) groups is 3. The average molecular weight is 277 g/mol. The molecule has 0 aromatic heterocycles. The van der Waals surface area contributed by atoms with Gasteiger partial charge in [0.25, 0.3) is 0 Å². The van der Waals surface area contributed by atoms with Crippen LogP contribution in [0.1, 0.15) is 38.5 Å². The summed E-state index contributed by atoms with van der Waals surface area (Å²) in [4.78, 5) is 37.1. The summed E-state index contributed by atoms with van der Waals surface area (Å²) in [5.74, 6) is -1.46. The van der Waals surface area contributed by atoms with E-state index in [1.165, 1.54) is 4.90 Å². The molecule has 0 radical (unpaired) electrons. The van der Waals surface area contributed by atoms with Crippen molar-refractivity contribution in [3.8, 4) is 0 Å². The van der Waals surface area contributed by atoms with E-state index in [2.05, 4.69) is 0 Å². The maximum atomic E-state index is 12.4. The Labute approximate surface area is 117 Å². The number of likely N-dealkylation sites (tertiary alicyclic amines) is 1. The fourth-order valence-corrected chi connectivity index (χ4v) is 3.75. The first kappa shape index (κ1) is 13.3. The van der Waals surface area contributed by atoms with Crippen LogP contribution in [0.2, 0.25) is 0 Å².